The molecule has 0 aliphatic carbocycles. The van der Waals surface area contributed by atoms with Gasteiger partial charge in [-0.3, -0.25) is 4.79 Å². The van der Waals surface area contributed by atoms with Crippen molar-refractivity contribution in [3.8, 4) is 16.9 Å². The molecule has 1 N–H and O–H groups in total. The molecule has 0 saturated carbocycles. The van der Waals surface area contributed by atoms with E-state index < -0.39 is 0 Å². The minimum Gasteiger partial charge on any atom is -0.493 e. The maximum atomic E-state index is 12.5. The number of nitrogens with one attached hydrogen (secondary N) is 1. The average Bonchev–Trinajstić information content (AvgIpc) is 3.27. The lowest BCUT2D eigenvalue weighted by Gasteiger charge is -2.15. The molecule has 4 rings (SSSR count). The van der Waals surface area contributed by atoms with Gasteiger partial charge in [0, 0.05) is 48.4 Å². The summed E-state index contributed by atoms with van der Waals surface area (Å²) in [4.78, 5) is 12.5. The van der Waals surface area contributed by atoms with Crippen molar-refractivity contribution in [2.75, 3.05) is 26.9 Å². The molecule has 3 aromatic carbocycles. The normalized spacial score (nSPS) is 11.8. The highest BCUT2D eigenvalue weighted by Gasteiger charge is 2.19. The van der Waals surface area contributed by atoms with E-state index in [9.17, 15) is 4.79 Å². The summed E-state index contributed by atoms with van der Waals surface area (Å²) in [7, 11) is 1.65. The van der Waals surface area contributed by atoms with Crippen LogP contribution < -0.4 is 10.1 Å². The Balaban J connectivity index is 1.77. The van der Waals surface area contributed by atoms with Gasteiger partial charge in [-0.15, -0.1) is 0 Å². The van der Waals surface area contributed by atoms with Crippen molar-refractivity contribution in [1.82, 2.24) is 5.32 Å². The molecule has 0 spiro atoms. The standard InChI is InChI=1S/C29H31NO4/c1-5-33-28-20(3)29-25(17-24(28)19(2)15-27(31)30-13-8-14-32-4)26(18-34-29)23-12-11-21-9-6-7-10-22(21)16-23/h6-7,9-12,15-18H,5,8,13-14H2,1-4H3,(H,30,31)/b19-15+. The Bertz CT molecular complexity index is 1350. The predicted octanol–water partition coefficient (Wildman–Crippen LogP) is 6.52. The van der Waals surface area contributed by atoms with Crippen LogP contribution in [0, 0.1) is 6.92 Å². The van der Waals surface area contributed by atoms with Crippen LogP contribution in [-0.2, 0) is 9.53 Å². The second kappa shape index (κ2) is 10.6. The van der Waals surface area contributed by atoms with Crippen molar-refractivity contribution in [3.05, 3.63) is 72.0 Å². The molecule has 4 aromatic rings. The van der Waals surface area contributed by atoms with Gasteiger partial charge in [0.05, 0.1) is 12.9 Å². The fourth-order valence-corrected chi connectivity index (χ4v) is 4.27. The van der Waals surface area contributed by atoms with Crippen LogP contribution in [0.1, 0.15) is 31.4 Å². The molecule has 1 amide bonds. The van der Waals surface area contributed by atoms with E-state index in [4.69, 9.17) is 13.9 Å². The van der Waals surface area contributed by atoms with Crippen LogP contribution in [0.2, 0.25) is 0 Å². The first kappa shape index (κ1) is 23.6. The third kappa shape index (κ3) is 4.85. The first-order chi connectivity index (χ1) is 16.5. The number of hydrogen-bond acceptors (Lipinski definition) is 4. The maximum Gasteiger partial charge on any atom is 0.244 e. The van der Waals surface area contributed by atoms with Crippen LogP contribution in [0.15, 0.2) is 65.3 Å². The SMILES string of the molecule is CCOc1c(/C(C)=C/C(=O)NCCCOC)cc2c(-c3ccc4ccccc4c3)coc2c1C. The van der Waals surface area contributed by atoms with E-state index in [0.29, 0.717) is 19.8 Å². The van der Waals surface area contributed by atoms with Crippen LogP contribution >= 0.6 is 0 Å². The summed E-state index contributed by atoms with van der Waals surface area (Å²) in [5.41, 5.74) is 5.56. The molecule has 0 atom stereocenters. The summed E-state index contributed by atoms with van der Waals surface area (Å²) in [5.74, 6) is 0.617. The first-order valence-electron chi connectivity index (χ1n) is 11.7. The molecule has 176 valence electrons. The fraction of sp³-hybridized carbons (Fsp3) is 0.276. The predicted molar refractivity (Wildman–Crippen MR) is 138 cm³/mol. The Morgan fingerprint density at radius 1 is 1.12 bits per heavy atom. The number of aryl methyl sites for hydroxylation is 1. The maximum absolute atomic E-state index is 12.5. The van der Waals surface area contributed by atoms with E-state index in [0.717, 1.165) is 51.0 Å². The Labute approximate surface area is 200 Å². The summed E-state index contributed by atoms with van der Waals surface area (Å²) in [5, 5.41) is 6.29. The molecule has 0 saturated heterocycles. The van der Waals surface area contributed by atoms with Crippen LogP contribution in [0.25, 0.3) is 38.4 Å². The Kier molecular flexibility index (Phi) is 7.33. The quantitative estimate of drug-likeness (QED) is 0.230. The van der Waals surface area contributed by atoms with Gasteiger partial charge < -0.3 is 19.2 Å². The summed E-state index contributed by atoms with van der Waals surface area (Å²) in [6.45, 7) is 7.61. The number of rotatable bonds is 9. The second-order valence-corrected chi connectivity index (χ2v) is 8.36. The molecule has 1 heterocycles. The molecule has 0 bridgehead atoms. The van der Waals surface area contributed by atoms with Gasteiger partial charge in [-0.1, -0.05) is 36.4 Å². The van der Waals surface area contributed by atoms with Gasteiger partial charge in [0.25, 0.3) is 0 Å². The zero-order valence-electron chi connectivity index (χ0n) is 20.2. The number of benzene rings is 3. The number of amides is 1. The highest BCUT2D eigenvalue weighted by atomic mass is 16.5. The van der Waals surface area contributed by atoms with Crippen molar-refractivity contribution < 1.29 is 18.7 Å². The summed E-state index contributed by atoms with van der Waals surface area (Å²) in [6, 6.07) is 16.8. The number of hydrogen-bond donors (Lipinski definition) is 1. The molecule has 0 unspecified atom stereocenters. The van der Waals surface area contributed by atoms with E-state index >= 15 is 0 Å². The zero-order valence-corrected chi connectivity index (χ0v) is 20.2. The number of ether oxygens (including phenoxy) is 2. The molecule has 0 fully saturated rings. The molecular formula is C29H31NO4. The Morgan fingerprint density at radius 3 is 2.68 bits per heavy atom. The smallest absolute Gasteiger partial charge is 0.244 e. The number of furan rings is 1. The van der Waals surface area contributed by atoms with Crippen molar-refractivity contribution >= 4 is 33.2 Å². The number of carbonyl (C=O) groups is 1. The van der Waals surface area contributed by atoms with Crippen LogP contribution in [0.3, 0.4) is 0 Å². The first-order valence-corrected chi connectivity index (χ1v) is 11.7. The number of methoxy groups -OCH3 is 1. The van der Waals surface area contributed by atoms with Crippen LogP contribution in [0.4, 0.5) is 0 Å². The second-order valence-electron chi connectivity index (χ2n) is 8.36. The third-order valence-electron chi connectivity index (χ3n) is 5.99. The fourth-order valence-electron chi connectivity index (χ4n) is 4.27. The summed E-state index contributed by atoms with van der Waals surface area (Å²) >= 11 is 0. The summed E-state index contributed by atoms with van der Waals surface area (Å²) in [6.07, 6.45) is 4.21. The van der Waals surface area contributed by atoms with Crippen molar-refractivity contribution in [2.24, 2.45) is 0 Å². The Morgan fingerprint density at radius 2 is 1.91 bits per heavy atom. The van der Waals surface area contributed by atoms with E-state index in [1.807, 2.05) is 39.2 Å². The summed E-state index contributed by atoms with van der Waals surface area (Å²) < 4.78 is 17.1. The third-order valence-corrected chi connectivity index (χ3v) is 5.99. The minimum absolute atomic E-state index is 0.129. The van der Waals surface area contributed by atoms with Crippen LogP contribution in [0.5, 0.6) is 5.75 Å². The minimum atomic E-state index is -0.129. The number of carbonyl (C=O) groups excluding carboxylic acids is 1. The van der Waals surface area contributed by atoms with Gasteiger partial charge in [0.15, 0.2) is 0 Å². The monoisotopic (exact) mass is 457 g/mol. The molecule has 5 nitrogen and oxygen atoms in total. The van der Waals surface area contributed by atoms with Gasteiger partial charge in [-0.2, -0.15) is 0 Å². The highest BCUT2D eigenvalue weighted by molar-refractivity contribution is 6.02. The van der Waals surface area contributed by atoms with Crippen molar-refractivity contribution in [1.29, 1.82) is 0 Å². The van der Waals surface area contributed by atoms with Gasteiger partial charge in [-0.25, -0.2) is 0 Å². The zero-order chi connectivity index (χ0) is 24.1. The largest absolute Gasteiger partial charge is 0.493 e. The van der Waals surface area contributed by atoms with Gasteiger partial charge in [-0.05, 0) is 61.2 Å². The number of fused-ring (bicyclic) bond motifs is 2. The van der Waals surface area contributed by atoms with Gasteiger partial charge in [0.2, 0.25) is 5.91 Å². The molecule has 0 aliphatic rings. The van der Waals surface area contributed by atoms with Gasteiger partial charge >= 0.3 is 0 Å². The molecule has 0 aliphatic heterocycles. The topological polar surface area (TPSA) is 60.7 Å². The van der Waals surface area contributed by atoms with Crippen molar-refractivity contribution in [3.63, 3.8) is 0 Å². The van der Waals surface area contributed by atoms with E-state index in [1.54, 1.807) is 13.2 Å². The molecular weight excluding hydrogens is 426 g/mol. The number of allylic oxidation sites excluding steroid dienone is 1. The van der Waals surface area contributed by atoms with Gasteiger partial charge in [0.1, 0.15) is 11.3 Å². The average molecular weight is 458 g/mol. The molecule has 34 heavy (non-hydrogen) atoms. The molecule has 0 radical (unpaired) electrons. The van der Waals surface area contributed by atoms with E-state index in [1.165, 1.54) is 10.8 Å². The lowest BCUT2D eigenvalue weighted by Crippen LogP contribution is -2.23. The van der Waals surface area contributed by atoms with Crippen molar-refractivity contribution in [2.45, 2.75) is 27.2 Å². The van der Waals surface area contributed by atoms with E-state index in [-0.39, 0.29) is 5.91 Å². The lowest BCUT2D eigenvalue weighted by atomic mass is 9.95. The molecule has 5 heteroatoms. The highest BCUT2D eigenvalue weighted by Crippen LogP contribution is 2.41. The van der Waals surface area contributed by atoms with Crippen LogP contribution in [-0.4, -0.2) is 32.8 Å². The lowest BCUT2D eigenvalue weighted by molar-refractivity contribution is -0.116. The Hall–Kier alpha value is -3.57. The van der Waals surface area contributed by atoms with E-state index in [2.05, 4.69) is 41.7 Å². The molecule has 1 aromatic heterocycles.